The highest BCUT2D eigenvalue weighted by Gasteiger charge is 2.22. The van der Waals surface area contributed by atoms with Crippen LogP contribution in [-0.4, -0.2) is 25.4 Å². The summed E-state index contributed by atoms with van der Waals surface area (Å²) in [5, 5.41) is 16.5. The van der Waals surface area contributed by atoms with Crippen LogP contribution in [0.4, 0.5) is 0 Å². The molecule has 1 aromatic carbocycles. The minimum atomic E-state index is -3.66. The van der Waals surface area contributed by atoms with Crippen LogP contribution in [0.25, 0.3) is 0 Å². The normalized spacial score (nSPS) is 12.0. The number of sulfonamides is 1. The SMILES string of the molecule is CCC(C#N)S(=O)(=O)NCc1ccccc1C#CCCO. The number of hydrogen-bond acceptors (Lipinski definition) is 4. The van der Waals surface area contributed by atoms with Crippen molar-refractivity contribution in [1.29, 1.82) is 5.26 Å². The molecule has 0 aliphatic carbocycles. The summed E-state index contributed by atoms with van der Waals surface area (Å²) in [6, 6.07) is 8.95. The summed E-state index contributed by atoms with van der Waals surface area (Å²) < 4.78 is 26.3. The molecule has 0 spiro atoms. The first-order valence-electron chi connectivity index (χ1n) is 6.61. The lowest BCUT2D eigenvalue weighted by molar-refractivity contribution is 0.305. The number of nitrogens with one attached hydrogen (secondary N) is 1. The molecule has 21 heavy (non-hydrogen) atoms. The van der Waals surface area contributed by atoms with E-state index in [4.69, 9.17) is 10.4 Å². The second-order valence-electron chi connectivity index (χ2n) is 4.32. The van der Waals surface area contributed by atoms with Crippen molar-refractivity contribution < 1.29 is 13.5 Å². The second kappa shape index (κ2) is 8.43. The van der Waals surface area contributed by atoms with Crippen molar-refractivity contribution in [2.75, 3.05) is 6.61 Å². The van der Waals surface area contributed by atoms with Crippen LogP contribution in [0.1, 0.15) is 30.9 Å². The Morgan fingerprint density at radius 1 is 1.38 bits per heavy atom. The first kappa shape index (κ1) is 17.2. The van der Waals surface area contributed by atoms with Gasteiger partial charge in [-0.25, -0.2) is 13.1 Å². The minimum Gasteiger partial charge on any atom is -0.395 e. The molecule has 0 amide bonds. The maximum Gasteiger partial charge on any atom is 0.228 e. The van der Waals surface area contributed by atoms with Gasteiger partial charge in [0, 0.05) is 18.5 Å². The van der Waals surface area contributed by atoms with Gasteiger partial charge in [-0.05, 0) is 18.1 Å². The molecule has 6 heteroatoms. The fourth-order valence-corrected chi connectivity index (χ4v) is 2.80. The van der Waals surface area contributed by atoms with E-state index in [0.29, 0.717) is 12.0 Å². The van der Waals surface area contributed by atoms with E-state index in [1.165, 1.54) is 0 Å². The molecule has 2 N–H and O–H groups in total. The molecule has 1 aromatic rings. The third-order valence-corrected chi connectivity index (χ3v) is 4.56. The summed E-state index contributed by atoms with van der Waals surface area (Å²) in [5.74, 6) is 5.70. The molecule has 0 aliphatic rings. The van der Waals surface area contributed by atoms with E-state index in [2.05, 4.69) is 16.6 Å². The number of aliphatic hydroxyl groups is 1. The summed E-state index contributed by atoms with van der Waals surface area (Å²) >= 11 is 0. The highest BCUT2D eigenvalue weighted by atomic mass is 32.2. The van der Waals surface area contributed by atoms with E-state index in [1.54, 1.807) is 31.2 Å². The maximum absolute atomic E-state index is 11.9. The zero-order valence-electron chi connectivity index (χ0n) is 11.8. The van der Waals surface area contributed by atoms with E-state index in [-0.39, 0.29) is 19.6 Å². The molecular formula is C15H18N2O3S. The van der Waals surface area contributed by atoms with Crippen molar-refractivity contribution in [2.24, 2.45) is 0 Å². The molecule has 0 radical (unpaired) electrons. The van der Waals surface area contributed by atoms with Crippen molar-refractivity contribution >= 4 is 10.0 Å². The molecule has 0 aliphatic heterocycles. The van der Waals surface area contributed by atoms with Crippen LogP contribution in [-0.2, 0) is 16.6 Å². The molecule has 0 heterocycles. The fraction of sp³-hybridized carbons (Fsp3) is 0.400. The number of rotatable bonds is 6. The van der Waals surface area contributed by atoms with Gasteiger partial charge in [0.1, 0.15) is 0 Å². The third-order valence-electron chi connectivity index (χ3n) is 2.83. The number of aliphatic hydroxyl groups excluding tert-OH is 1. The first-order valence-corrected chi connectivity index (χ1v) is 8.15. The monoisotopic (exact) mass is 306 g/mol. The van der Waals surface area contributed by atoms with Crippen LogP contribution in [0.15, 0.2) is 24.3 Å². The predicted octanol–water partition coefficient (Wildman–Crippen LogP) is 1.14. The van der Waals surface area contributed by atoms with Gasteiger partial charge in [0.05, 0.1) is 12.7 Å². The Bertz CT molecular complexity index is 666. The summed E-state index contributed by atoms with van der Waals surface area (Å²) in [4.78, 5) is 0. The molecule has 1 atom stereocenters. The van der Waals surface area contributed by atoms with Crippen molar-refractivity contribution in [1.82, 2.24) is 4.72 Å². The van der Waals surface area contributed by atoms with Crippen LogP contribution in [0, 0.1) is 23.2 Å². The molecule has 0 aromatic heterocycles. The predicted molar refractivity (Wildman–Crippen MR) is 80.5 cm³/mol. The summed E-state index contributed by atoms with van der Waals surface area (Å²) in [6.07, 6.45) is 0.607. The number of benzene rings is 1. The Morgan fingerprint density at radius 2 is 2.10 bits per heavy atom. The fourth-order valence-electron chi connectivity index (χ4n) is 1.67. The Hall–Kier alpha value is -1.86. The Labute approximate surface area is 125 Å². The summed E-state index contributed by atoms with van der Waals surface area (Å²) in [5.41, 5.74) is 1.44. The van der Waals surface area contributed by atoms with Gasteiger partial charge >= 0.3 is 0 Å². The average molecular weight is 306 g/mol. The van der Waals surface area contributed by atoms with Crippen LogP contribution >= 0.6 is 0 Å². The number of nitrogens with zero attached hydrogens (tertiary/aromatic N) is 1. The zero-order chi connectivity index (χ0) is 15.7. The molecule has 112 valence electrons. The Kier molecular flexibility index (Phi) is 6.90. The lowest BCUT2D eigenvalue weighted by Gasteiger charge is -2.11. The molecule has 1 rings (SSSR count). The highest BCUT2D eigenvalue weighted by molar-refractivity contribution is 7.90. The van der Waals surface area contributed by atoms with Crippen LogP contribution < -0.4 is 4.72 Å². The van der Waals surface area contributed by atoms with Gasteiger partial charge in [-0.1, -0.05) is 37.0 Å². The lowest BCUT2D eigenvalue weighted by atomic mass is 10.1. The highest BCUT2D eigenvalue weighted by Crippen LogP contribution is 2.09. The van der Waals surface area contributed by atoms with Crippen molar-refractivity contribution in [3.8, 4) is 17.9 Å². The molecule has 0 saturated carbocycles. The second-order valence-corrected chi connectivity index (χ2v) is 6.27. The van der Waals surface area contributed by atoms with Gasteiger partial charge < -0.3 is 5.11 Å². The van der Waals surface area contributed by atoms with E-state index in [1.807, 2.05) is 6.07 Å². The Morgan fingerprint density at radius 3 is 2.71 bits per heavy atom. The maximum atomic E-state index is 11.9. The van der Waals surface area contributed by atoms with Crippen LogP contribution in [0.3, 0.4) is 0 Å². The lowest BCUT2D eigenvalue weighted by Crippen LogP contribution is -2.32. The van der Waals surface area contributed by atoms with Crippen molar-refractivity contribution in [3.05, 3.63) is 35.4 Å². The quantitative estimate of drug-likeness (QED) is 0.771. The Balaban J connectivity index is 2.86. The summed E-state index contributed by atoms with van der Waals surface area (Å²) in [7, 11) is -3.66. The van der Waals surface area contributed by atoms with Gasteiger partial charge in [-0.15, -0.1) is 0 Å². The van der Waals surface area contributed by atoms with E-state index in [9.17, 15) is 8.42 Å². The molecule has 0 fully saturated rings. The first-order chi connectivity index (χ1) is 10.0. The smallest absolute Gasteiger partial charge is 0.228 e. The minimum absolute atomic E-state index is 0.0118. The molecule has 5 nitrogen and oxygen atoms in total. The van der Waals surface area contributed by atoms with Gasteiger partial charge in [-0.2, -0.15) is 5.26 Å². The number of hydrogen-bond donors (Lipinski definition) is 2. The molecule has 1 unspecified atom stereocenters. The molecular weight excluding hydrogens is 288 g/mol. The van der Waals surface area contributed by atoms with Crippen molar-refractivity contribution in [2.45, 2.75) is 31.6 Å². The zero-order valence-corrected chi connectivity index (χ0v) is 12.7. The molecule has 0 bridgehead atoms. The topological polar surface area (TPSA) is 90.2 Å². The van der Waals surface area contributed by atoms with Gasteiger partial charge in [0.15, 0.2) is 5.25 Å². The van der Waals surface area contributed by atoms with Crippen LogP contribution in [0.5, 0.6) is 0 Å². The largest absolute Gasteiger partial charge is 0.395 e. The molecule has 0 saturated heterocycles. The van der Waals surface area contributed by atoms with Crippen molar-refractivity contribution in [3.63, 3.8) is 0 Å². The summed E-state index contributed by atoms with van der Waals surface area (Å²) in [6.45, 7) is 1.73. The average Bonchev–Trinajstić information content (AvgIpc) is 2.47. The third kappa shape index (κ3) is 5.20. The number of nitriles is 1. The van der Waals surface area contributed by atoms with Gasteiger partial charge in [-0.3, -0.25) is 0 Å². The standard InChI is InChI=1S/C15H18N2O3S/c1-2-15(11-16)21(19,20)17-12-14-9-4-3-7-13(14)8-5-6-10-18/h3-4,7,9,15,17-18H,2,6,10,12H2,1H3. The van der Waals surface area contributed by atoms with E-state index >= 15 is 0 Å². The van der Waals surface area contributed by atoms with Gasteiger partial charge in [0.25, 0.3) is 0 Å². The van der Waals surface area contributed by atoms with E-state index in [0.717, 1.165) is 5.56 Å². The van der Waals surface area contributed by atoms with Gasteiger partial charge in [0.2, 0.25) is 10.0 Å². The van der Waals surface area contributed by atoms with Crippen LogP contribution in [0.2, 0.25) is 0 Å². The van der Waals surface area contributed by atoms with E-state index < -0.39 is 15.3 Å².